The number of benzene rings is 1. The third kappa shape index (κ3) is 3.31. The Kier molecular flexibility index (Phi) is 4.33. The number of hydrogen-bond acceptors (Lipinski definition) is 4. The normalized spacial score (nSPS) is 14.7. The molecule has 1 aliphatic rings. The van der Waals surface area contributed by atoms with Crippen LogP contribution in [0, 0.1) is 11.3 Å². The van der Waals surface area contributed by atoms with Crippen molar-refractivity contribution in [2.75, 3.05) is 6.54 Å². The van der Waals surface area contributed by atoms with E-state index in [-0.39, 0.29) is 0 Å². The van der Waals surface area contributed by atoms with Crippen LogP contribution in [0.4, 0.5) is 0 Å². The maximum absolute atomic E-state index is 8.98. The standard InChI is InChI=1S/C17H19N3S/c1-2-4-17-19-15-7-8-20(12-16(15)21-17)11-14-6-3-5-13(9-14)10-18/h3,5-6,9H,2,4,7-8,11-12H2,1H3. The van der Waals surface area contributed by atoms with E-state index in [9.17, 15) is 0 Å². The van der Waals surface area contributed by atoms with Crippen molar-refractivity contribution in [3.05, 3.63) is 51.0 Å². The molecule has 0 aliphatic carbocycles. The number of nitriles is 1. The van der Waals surface area contributed by atoms with Gasteiger partial charge in [0.25, 0.3) is 0 Å². The van der Waals surface area contributed by atoms with E-state index in [1.54, 1.807) is 0 Å². The third-order valence-corrected chi connectivity index (χ3v) is 4.92. The van der Waals surface area contributed by atoms with Gasteiger partial charge in [0.05, 0.1) is 22.3 Å². The van der Waals surface area contributed by atoms with Crippen LogP contribution in [0.15, 0.2) is 24.3 Å². The first-order valence-corrected chi connectivity index (χ1v) is 8.29. The average Bonchev–Trinajstić information content (AvgIpc) is 2.89. The number of thiazole rings is 1. The lowest BCUT2D eigenvalue weighted by Gasteiger charge is -2.25. The summed E-state index contributed by atoms with van der Waals surface area (Å²) >= 11 is 1.88. The second kappa shape index (κ2) is 6.38. The maximum atomic E-state index is 8.98. The second-order valence-corrected chi connectivity index (χ2v) is 6.67. The molecule has 0 amide bonds. The van der Waals surface area contributed by atoms with Gasteiger partial charge in [-0.15, -0.1) is 11.3 Å². The van der Waals surface area contributed by atoms with Gasteiger partial charge in [0.15, 0.2) is 0 Å². The smallest absolute Gasteiger partial charge is 0.0991 e. The molecular weight excluding hydrogens is 278 g/mol. The Balaban J connectivity index is 1.69. The van der Waals surface area contributed by atoms with Crippen LogP contribution in [0.25, 0.3) is 0 Å². The first kappa shape index (κ1) is 14.2. The molecule has 0 unspecified atom stereocenters. The van der Waals surface area contributed by atoms with Gasteiger partial charge in [0.2, 0.25) is 0 Å². The minimum Gasteiger partial charge on any atom is -0.294 e. The molecule has 0 N–H and O–H groups in total. The van der Waals surface area contributed by atoms with E-state index in [0.29, 0.717) is 0 Å². The van der Waals surface area contributed by atoms with Gasteiger partial charge in [-0.2, -0.15) is 5.26 Å². The molecule has 108 valence electrons. The predicted molar refractivity (Wildman–Crippen MR) is 85.1 cm³/mol. The van der Waals surface area contributed by atoms with E-state index in [1.165, 1.54) is 21.1 Å². The summed E-state index contributed by atoms with van der Waals surface area (Å²) in [5, 5.41) is 10.3. The Morgan fingerprint density at radius 2 is 2.33 bits per heavy atom. The zero-order valence-corrected chi connectivity index (χ0v) is 13.1. The topological polar surface area (TPSA) is 39.9 Å². The first-order valence-electron chi connectivity index (χ1n) is 7.47. The largest absolute Gasteiger partial charge is 0.294 e. The van der Waals surface area contributed by atoms with E-state index in [0.717, 1.165) is 44.5 Å². The molecule has 0 spiro atoms. The highest BCUT2D eigenvalue weighted by Crippen LogP contribution is 2.26. The molecule has 2 heterocycles. The molecule has 0 atom stereocenters. The number of aromatic nitrogens is 1. The minimum atomic E-state index is 0.744. The molecule has 0 fully saturated rings. The van der Waals surface area contributed by atoms with Crippen LogP contribution >= 0.6 is 11.3 Å². The van der Waals surface area contributed by atoms with Crippen molar-refractivity contribution < 1.29 is 0 Å². The maximum Gasteiger partial charge on any atom is 0.0991 e. The second-order valence-electron chi connectivity index (χ2n) is 5.50. The van der Waals surface area contributed by atoms with Crippen LogP contribution < -0.4 is 0 Å². The molecule has 3 nitrogen and oxygen atoms in total. The van der Waals surface area contributed by atoms with E-state index < -0.39 is 0 Å². The molecule has 0 bridgehead atoms. The van der Waals surface area contributed by atoms with Gasteiger partial charge in [-0.1, -0.05) is 19.1 Å². The van der Waals surface area contributed by atoms with E-state index in [2.05, 4.69) is 24.0 Å². The molecule has 0 radical (unpaired) electrons. The van der Waals surface area contributed by atoms with E-state index in [1.807, 2.05) is 29.5 Å². The Labute approximate surface area is 129 Å². The van der Waals surface area contributed by atoms with Crippen LogP contribution in [-0.4, -0.2) is 16.4 Å². The van der Waals surface area contributed by atoms with Crippen LogP contribution in [0.1, 0.15) is 40.1 Å². The molecule has 1 aromatic carbocycles. The summed E-state index contributed by atoms with van der Waals surface area (Å²) in [6, 6.07) is 10.1. The Hall–Kier alpha value is -1.70. The van der Waals surface area contributed by atoms with Crippen LogP contribution in [-0.2, 0) is 25.9 Å². The van der Waals surface area contributed by atoms with Crippen LogP contribution in [0.5, 0.6) is 0 Å². The summed E-state index contributed by atoms with van der Waals surface area (Å²) in [6.07, 6.45) is 3.31. The van der Waals surface area contributed by atoms with Gasteiger partial charge in [0.1, 0.15) is 0 Å². The number of aryl methyl sites for hydroxylation is 1. The molecule has 4 heteroatoms. The summed E-state index contributed by atoms with van der Waals surface area (Å²) in [5.41, 5.74) is 3.27. The predicted octanol–water partition coefficient (Wildman–Crippen LogP) is 3.53. The SMILES string of the molecule is CCCc1nc2c(s1)CN(Cc1cccc(C#N)c1)CC2. The first-order chi connectivity index (χ1) is 10.3. The van der Waals surface area contributed by atoms with Crippen molar-refractivity contribution >= 4 is 11.3 Å². The van der Waals surface area contributed by atoms with Crippen molar-refractivity contribution in [1.29, 1.82) is 5.26 Å². The lowest BCUT2D eigenvalue weighted by Crippen LogP contribution is -2.29. The van der Waals surface area contributed by atoms with Crippen molar-refractivity contribution in [2.24, 2.45) is 0 Å². The molecular formula is C17H19N3S. The summed E-state index contributed by atoms with van der Waals surface area (Å²) in [7, 11) is 0. The quantitative estimate of drug-likeness (QED) is 0.867. The monoisotopic (exact) mass is 297 g/mol. The van der Waals surface area contributed by atoms with Gasteiger partial charge in [-0.05, 0) is 30.5 Å². The van der Waals surface area contributed by atoms with Gasteiger partial charge in [0, 0.05) is 30.9 Å². The number of hydrogen-bond donors (Lipinski definition) is 0. The lowest BCUT2D eigenvalue weighted by molar-refractivity contribution is 0.247. The zero-order chi connectivity index (χ0) is 14.7. The number of rotatable bonds is 4. The van der Waals surface area contributed by atoms with Gasteiger partial charge in [-0.3, -0.25) is 4.90 Å². The highest BCUT2D eigenvalue weighted by atomic mass is 32.1. The van der Waals surface area contributed by atoms with E-state index in [4.69, 9.17) is 10.2 Å². The molecule has 2 aromatic rings. The van der Waals surface area contributed by atoms with Crippen LogP contribution in [0.2, 0.25) is 0 Å². The summed E-state index contributed by atoms with van der Waals surface area (Å²) in [4.78, 5) is 8.64. The number of fused-ring (bicyclic) bond motifs is 1. The molecule has 1 aliphatic heterocycles. The fourth-order valence-corrected chi connectivity index (χ4v) is 4.01. The fraction of sp³-hybridized carbons (Fsp3) is 0.412. The zero-order valence-electron chi connectivity index (χ0n) is 12.3. The van der Waals surface area contributed by atoms with Crippen LogP contribution in [0.3, 0.4) is 0 Å². The Morgan fingerprint density at radius 3 is 3.14 bits per heavy atom. The Morgan fingerprint density at radius 1 is 1.43 bits per heavy atom. The van der Waals surface area contributed by atoms with Crippen molar-refractivity contribution in [3.8, 4) is 6.07 Å². The van der Waals surface area contributed by atoms with Gasteiger partial charge in [-0.25, -0.2) is 4.98 Å². The minimum absolute atomic E-state index is 0.744. The van der Waals surface area contributed by atoms with Crippen molar-refractivity contribution in [3.63, 3.8) is 0 Å². The molecule has 21 heavy (non-hydrogen) atoms. The van der Waals surface area contributed by atoms with Gasteiger partial charge >= 0.3 is 0 Å². The molecule has 0 saturated carbocycles. The average molecular weight is 297 g/mol. The van der Waals surface area contributed by atoms with E-state index >= 15 is 0 Å². The highest BCUT2D eigenvalue weighted by molar-refractivity contribution is 7.11. The highest BCUT2D eigenvalue weighted by Gasteiger charge is 2.20. The summed E-state index contributed by atoms with van der Waals surface area (Å²) in [6.45, 7) is 5.16. The molecule has 1 aromatic heterocycles. The molecule has 3 rings (SSSR count). The van der Waals surface area contributed by atoms with Gasteiger partial charge < -0.3 is 0 Å². The molecule has 0 saturated heterocycles. The van der Waals surface area contributed by atoms with Crippen molar-refractivity contribution in [1.82, 2.24) is 9.88 Å². The summed E-state index contributed by atoms with van der Waals surface area (Å²) in [5.74, 6) is 0. The number of nitrogens with zero attached hydrogens (tertiary/aromatic N) is 3. The third-order valence-electron chi connectivity index (χ3n) is 3.78. The Bertz CT molecular complexity index is 669. The summed E-state index contributed by atoms with van der Waals surface area (Å²) < 4.78 is 0. The van der Waals surface area contributed by atoms with Crippen molar-refractivity contribution in [2.45, 2.75) is 39.3 Å². The lowest BCUT2D eigenvalue weighted by atomic mass is 10.1. The fourth-order valence-electron chi connectivity index (χ4n) is 2.76.